The fourth-order valence-electron chi connectivity index (χ4n) is 2.44. The van der Waals surface area contributed by atoms with Gasteiger partial charge in [-0.25, -0.2) is 18.7 Å². The van der Waals surface area contributed by atoms with Gasteiger partial charge in [0.25, 0.3) is 0 Å². The van der Waals surface area contributed by atoms with Crippen molar-refractivity contribution < 1.29 is 14.3 Å². The van der Waals surface area contributed by atoms with E-state index in [2.05, 4.69) is 15.1 Å². The van der Waals surface area contributed by atoms with Crippen molar-refractivity contribution in [1.29, 1.82) is 0 Å². The van der Waals surface area contributed by atoms with Crippen LogP contribution in [0.5, 0.6) is 0 Å². The van der Waals surface area contributed by atoms with E-state index in [9.17, 15) is 14.3 Å². The van der Waals surface area contributed by atoms with Gasteiger partial charge in [-0.05, 0) is 18.9 Å². The SMILES string of the molecule is O=C(O)c1cn2nc(C3CC3)cc2nc1-c1cncc(F)c1. The summed E-state index contributed by atoms with van der Waals surface area (Å²) in [5.74, 6) is -1.24. The van der Waals surface area contributed by atoms with Gasteiger partial charge in [0.15, 0.2) is 5.65 Å². The average molecular weight is 298 g/mol. The minimum absolute atomic E-state index is 0.0367. The minimum Gasteiger partial charge on any atom is -0.478 e. The number of nitrogens with zero attached hydrogens (tertiary/aromatic N) is 4. The summed E-state index contributed by atoms with van der Waals surface area (Å²) in [5, 5.41) is 13.8. The van der Waals surface area contributed by atoms with Crippen molar-refractivity contribution in [2.75, 3.05) is 0 Å². The summed E-state index contributed by atoms with van der Waals surface area (Å²) in [7, 11) is 0. The zero-order valence-corrected chi connectivity index (χ0v) is 11.4. The van der Waals surface area contributed by atoms with E-state index in [-0.39, 0.29) is 11.3 Å². The summed E-state index contributed by atoms with van der Waals surface area (Å²) in [5.41, 5.74) is 1.94. The van der Waals surface area contributed by atoms with Gasteiger partial charge >= 0.3 is 5.97 Å². The third-order valence-electron chi connectivity index (χ3n) is 3.67. The quantitative estimate of drug-likeness (QED) is 0.803. The van der Waals surface area contributed by atoms with Gasteiger partial charge in [-0.1, -0.05) is 0 Å². The molecule has 0 amide bonds. The maximum atomic E-state index is 13.4. The second-order valence-corrected chi connectivity index (χ2v) is 5.35. The van der Waals surface area contributed by atoms with Crippen molar-refractivity contribution >= 4 is 11.6 Å². The third-order valence-corrected chi connectivity index (χ3v) is 3.67. The fraction of sp³-hybridized carbons (Fsp3) is 0.200. The number of carboxylic acid groups (broad SMARTS) is 1. The van der Waals surface area contributed by atoms with E-state index in [1.54, 1.807) is 0 Å². The predicted molar refractivity (Wildman–Crippen MR) is 75.1 cm³/mol. The predicted octanol–water partition coefficient (Wildman–Crippen LogP) is 2.51. The van der Waals surface area contributed by atoms with Crippen LogP contribution >= 0.6 is 0 Å². The van der Waals surface area contributed by atoms with Crippen molar-refractivity contribution in [3.63, 3.8) is 0 Å². The lowest BCUT2D eigenvalue weighted by Crippen LogP contribution is -2.06. The Morgan fingerprint density at radius 3 is 2.82 bits per heavy atom. The molecule has 3 aromatic heterocycles. The van der Waals surface area contributed by atoms with Crippen LogP contribution in [0.25, 0.3) is 16.9 Å². The zero-order valence-electron chi connectivity index (χ0n) is 11.4. The number of carboxylic acids is 1. The smallest absolute Gasteiger partial charge is 0.339 e. The van der Waals surface area contributed by atoms with Crippen LogP contribution in [0.4, 0.5) is 4.39 Å². The third kappa shape index (κ3) is 2.11. The van der Waals surface area contributed by atoms with E-state index in [4.69, 9.17) is 0 Å². The second kappa shape index (κ2) is 4.59. The summed E-state index contributed by atoms with van der Waals surface area (Å²) in [6.45, 7) is 0. The molecule has 1 aliphatic carbocycles. The van der Waals surface area contributed by atoms with Crippen LogP contribution in [0.3, 0.4) is 0 Å². The Morgan fingerprint density at radius 1 is 1.32 bits per heavy atom. The summed E-state index contributed by atoms with van der Waals surface area (Å²) in [6.07, 6.45) is 6.06. The second-order valence-electron chi connectivity index (χ2n) is 5.35. The summed E-state index contributed by atoms with van der Waals surface area (Å²) in [6, 6.07) is 3.07. The molecule has 1 N–H and O–H groups in total. The van der Waals surface area contributed by atoms with Gasteiger partial charge in [-0.2, -0.15) is 5.10 Å². The highest BCUT2D eigenvalue weighted by molar-refractivity contribution is 5.94. The Hall–Kier alpha value is -2.83. The number of carbonyl (C=O) groups is 1. The Morgan fingerprint density at radius 2 is 2.14 bits per heavy atom. The number of rotatable bonds is 3. The molecule has 6 nitrogen and oxygen atoms in total. The van der Waals surface area contributed by atoms with Crippen molar-refractivity contribution in [1.82, 2.24) is 19.6 Å². The first kappa shape index (κ1) is 12.9. The summed E-state index contributed by atoms with van der Waals surface area (Å²) < 4.78 is 14.8. The van der Waals surface area contributed by atoms with Crippen LogP contribution in [0.1, 0.15) is 34.8 Å². The molecule has 0 aromatic carbocycles. The lowest BCUT2D eigenvalue weighted by Gasteiger charge is -2.06. The Balaban J connectivity index is 1.94. The van der Waals surface area contributed by atoms with Gasteiger partial charge in [-0.3, -0.25) is 4.98 Å². The first-order valence-corrected chi connectivity index (χ1v) is 6.86. The number of fused-ring (bicyclic) bond motifs is 1. The van der Waals surface area contributed by atoms with E-state index in [0.717, 1.165) is 24.7 Å². The molecule has 0 bridgehead atoms. The normalized spacial score (nSPS) is 14.4. The highest BCUT2D eigenvalue weighted by Gasteiger charge is 2.27. The number of aromatic nitrogens is 4. The van der Waals surface area contributed by atoms with Gasteiger partial charge < -0.3 is 5.11 Å². The van der Waals surface area contributed by atoms with E-state index in [0.29, 0.717) is 17.1 Å². The lowest BCUT2D eigenvalue weighted by atomic mass is 10.1. The first-order chi connectivity index (χ1) is 10.6. The van der Waals surface area contributed by atoms with E-state index in [1.807, 2.05) is 6.07 Å². The van der Waals surface area contributed by atoms with E-state index < -0.39 is 11.8 Å². The van der Waals surface area contributed by atoms with Crippen LogP contribution in [-0.2, 0) is 0 Å². The minimum atomic E-state index is -1.14. The van der Waals surface area contributed by atoms with Gasteiger partial charge in [0.1, 0.15) is 11.4 Å². The topological polar surface area (TPSA) is 80.4 Å². The van der Waals surface area contributed by atoms with Crippen molar-refractivity contribution in [3.8, 4) is 11.3 Å². The van der Waals surface area contributed by atoms with Crippen molar-refractivity contribution in [2.24, 2.45) is 0 Å². The number of hydrogen-bond donors (Lipinski definition) is 1. The molecular formula is C15H11FN4O2. The van der Waals surface area contributed by atoms with Crippen LogP contribution < -0.4 is 0 Å². The molecule has 0 spiro atoms. The monoisotopic (exact) mass is 298 g/mol. The molecule has 110 valence electrons. The molecule has 22 heavy (non-hydrogen) atoms. The summed E-state index contributed by atoms with van der Waals surface area (Å²) >= 11 is 0. The van der Waals surface area contributed by atoms with E-state index in [1.165, 1.54) is 23.0 Å². The molecule has 0 saturated heterocycles. The largest absolute Gasteiger partial charge is 0.478 e. The Kier molecular flexibility index (Phi) is 2.69. The molecule has 0 atom stereocenters. The Bertz CT molecular complexity index is 902. The zero-order chi connectivity index (χ0) is 15.3. The average Bonchev–Trinajstić information content (AvgIpc) is 3.25. The van der Waals surface area contributed by atoms with E-state index >= 15 is 0 Å². The van der Waals surface area contributed by atoms with Gasteiger partial charge in [-0.15, -0.1) is 0 Å². The maximum absolute atomic E-state index is 13.4. The fourth-order valence-corrected chi connectivity index (χ4v) is 2.44. The maximum Gasteiger partial charge on any atom is 0.339 e. The molecule has 0 radical (unpaired) electrons. The molecule has 7 heteroatoms. The molecule has 3 aromatic rings. The van der Waals surface area contributed by atoms with Crippen LogP contribution in [0.2, 0.25) is 0 Å². The molecule has 0 unspecified atom stereocenters. The van der Waals surface area contributed by atoms with Crippen LogP contribution in [0.15, 0.2) is 30.7 Å². The standard InChI is InChI=1S/C15H11FN4O2/c16-10-3-9(5-17-6-10)14-11(15(21)22)7-20-13(18-14)4-12(19-20)8-1-2-8/h3-8H,1-2H2,(H,21,22). The molecule has 3 heterocycles. The van der Waals surface area contributed by atoms with Crippen LogP contribution in [-0.4, -0.2) is 30.7 Å². The molecule has 1 aliphatic rings. The number of halogens is 1. The summed E-state index contributed by atoms with van der Waals surface area (Å²) in [4.78, 5) is 19.6. The first-order valence-electron chi connectivity index (χ1n) is 6.86. The van der Waals surface area contributed by atoms with Gasteiger partial charge in [0, 0.05) is 29.9 Å². The molecule has 1 fully saturated rings. The molecule has 0 aliphatic heterocycles. The highest BCUT2D eigenvalue weighted by atomic mass is 19.1. The van der Waals surface area contributed by atoms with Gasteiger partial charge in [0.05, 0.1) is 17.6 Å². The highest BCUT2D eigenvalue weighted by Crippen LogP contribution is 2.39. The number of aromatic carboxylic acids is 1. The van der Waals surface area contributed by atoms with Crippen LogP contribution in [0, 0.1) is 5.82 Å². The van der Waals surface area contributed by atoms with Crippen molar-refractivity contribution in [2.45, 2.75) is 18.8 Å². The number of hydrogen-bond acceptors (Lipinski definition) is 4. The molecule has 1 saturated carbocycles. The molecular weight excluding hydrogens is 287 g/mol. The molecule has 4 rings (SSSR count). The number of pyridine rings is 1. The lowest BCUT2D eigenvalue weighted by molar-refractivity contribution is 0.0696. The Labute approximate surface area is 124 Å². The van der Waals surface area contributed by atoms with Crippen molar-refractivity contribution in [3.05, 3.63) is 47.8 Å². The van der Waals surface area contributed by atoms with Gasteiger partial charge in [0.2, 0.25) is 0 Å².